The number of rotatable bonds is 4. The molecule has 0 bridgehead atoms. The molecule has 0 spiro atoms. The summed E-state index contributed by atoms with van der Waals surface area (Å²) < 4.78 is 0. The molecule has 0 aliphatic carbocycles. The molecule has 2 rings (SSSR count). The van der Waals surface area contributed by atoms with Crippen molar-refractivity contribution in [3.8, 4) is 5.75 Å². The van der Waals surface area contributed by atoms with Crippen LogP contribution in [0.25, 0.3) is 0 Å². The van der Waals surface area contributed by atoms with Gasteiger partial charge in [-0.3, -0.25) is 9.59 Å². The predicted octanol–water partition coefficient (Wildman–Crippen LogP) is 3.33. The Morgan fingerprint density at radius 2 is 1.46 bits per heavy atom. The van der Waals surface area contributed by atoms with Gasteiger partial charge in [-0.15, -0.1) is 0 Å². The molecule has 0 aliphatic rings. The lowest BCUT2D eigenvalue weighted by Crippen LogP contribution is -2.27. The molecule has 0 saturated heterocycles. The highest BCUT2D eigenvalue weighted by molar-refractivity contribution is 6.05. The standard InChI is InChI=1S/C19H20N2O5/c1-19(2,3)18(26)21-12-6-4-11(5-7-12)16(23)20-13-8-9-15(22)14(10-13)17(24)25/h4-10,22H,1-3H3,(H,20,23)(H,21,26)(H,24,25). The summed E-state index contributed by atoms with van der Waals surface area (Å²) in [5.74, 6) is -2.26. The molecule has 0 atom stereocenters. The van der Waals surface area contributed by atoms with Gasteiger partial charge in [-0.2, -0.15) is 0 Å². The number of aromatic carboxylic acids is 1. The molecule has 2 aromatic rings. The summed E-state index contributed by atoms with van der Waals surface area (Å²) in [5.41, 5.74) is 0.317. The van der Waals surface area contributed by atoms with E-state index in [1.807, 2.05) is 0 Å². The second-order valence-electron chi connectivity index (χ2n) is 6.77. The number of amides is 2. The molecule has 7 nitrogen and oxygen atoms in total. The third kappa shape index (κ3) is 4.60. The van der Waals surface area contributed by atoms with Crippen molar-refractivity contribution in [2.45, 2.75) is 20.8 Å². The zero-order valence-corrected chi connectivity index (χ0v) is 14.7. The van der Waals surface area contributed by atoms with E-state index in [9.17, 15) is 19.5 Å². The molecule has 0 saturated carbocycles. The van der Waals surface area contributed by atoms with Crippen molar-refractivity contribution in [3.05, 3.63) is 53.6 Å². The summed E-state index contributed by atoms with van der Waals surface area (Å²) in [6, 6.07) is 10.1. The Balaban J connectivity index is 2.10. The number of nitrogens with one attached hydrogen (secondary N) is 2. The molecule has 0 radical (unpaired) electrons. The smallest absolute Gasteiger partial charge is 0.339 e. The first-order chi connectivity index (χ1) is 12.1. The topological polar surface area (TPSA) is 116 Å². The normalized spacial score (nSPS) is 10.9. The fourth-order valence-electron chi connectivity index (χ4n) is 2.01. The van der Waals surface area contributed by atoms with Gasteiger partial charge in [-0.1, -0.05) is 20.8 Å². The second kappa shape index (κ2) is 7.26. The molecule has 0 unspecified atom stereocenters. The number of carboxylic acids is 1. The van der Waals surface area contributed by atoms with E-state index in [1.165, 1.54) is 18.2 Å². The molecule has 2 aromatic carbocycles. The lowest BCUT2D eigenvalue weighted by atomic mass is 9.95. The van der Waals surface area contributed by atoms with Crippen LogP contribution in [-0.4, -0.2) is 28.0 Å². The van der Waals surface area contributed by atoms with Crippen LogP contribution < -0.4 is 10.6 Å². The van der Waals surface area contributed by atoms with Crippen molar-refractivity contribution in [2.24, 2.45) is 5.41 Å². The van der Waals surface area contributed by atoms with E-state index in [2.05, 4.69) is 10.6 Å². The number of aromatic hydroxyl groups is 1. The van der Waals surface area contributed by atoms with Crippen LogP contribution in [0.5, 0.6) is 5.75 Å². The monoisotopic (exact) mass is 356 g/mol. The molecular weight excluding hydrogens is 336 g/mol. The molecule has 4 N–H and O–H groups in total. The minimum atomic E-state index is -1.29. The van der Waals surface area contributed by atoms with Crippen LogP contribution in [0, 0.1) is 5.41 Å². The summed E-state index contributed by atoms with van der Waals surface area (Å²) in [7, 11) is 0. The van der Waals surface area contributed by atoms with Crippen LogP contribution in [0.1, 0.15) is 41.5 Å². The number of carbonyl (C=O) groups excluding carboxylic acids is 2. The molecule has 0 fully saturated rings. The predicted molar refractivity (Wildman–Crippen MR) is 97.5 cm³/mol. The Bertz CT molecular complexity index is 851. The van der Waals surface area contributed by atoms with Crippen LogP contribution in [0.4, 0.5) is 11.4 Å². The largest absolute Gasteiger partial charge is 0.507 e. The van der Waals surface area contributed by atoms with E-state index in [0.717, 1.165) is 0 Å². The lowest BCUT2D eigenvalue weighted by molar-refractivity contribution is -0.123. The van der Waals surface area contributed by atoms with E-state index >= 15 is 0 Å². The van der Waals surface area contributed by atoms with Gasteiger partial charge in [0.05, 0.1) is 0 Å². The van der Waals surface area contributed by atoms with Crippen LogP contribution in [0.2, 0.25) is 0 Å². The Labute approximate surface area is 150 Å². The van der Waals surface area contributed by atoms with E-state index in [1.54, 1.807) is 45.0 Å². The molecular formula is C19H20N2O5. The first kappa shape index (κ1) is 19.0. The Kier molecular flexibility index (Phi) is 5.30. The Morgan fingerprint density at radius 3 is 2.00 bits per heavy atom. The lowest BCUT2D eigenvalue weighted by Gasteiger charge is -2.17. The van der Waals surface area contributed by atoms with Crippen molar-refractivity contribution >= 4 is 29.2 Å². The van der Waals surface area contributed by atoms with Crippen molar-refractivity contribution < 1.29 is 24.6 Å². The zero-order chi connectivity index (χ0) is 19.5. The summed E-state index contributed by atoms with van der Waals surface area (Å²) in [6.07, 6.45) is 0. The summed E-state index contributed by atoms with van der Waals surface area (Å²) in [4.78, 5) is 35.2. The van der Waals surface area contributed by atoms with Crippen LogP contribution >= 0.6 is 0 Å². The zero-order valence-electron chi connectivity index (χ0n) is 14.7. The first-order valence-electron chi connectivity index (χ1n) is 7.87. The first-order valence-corrected chi connectivity index (χ1v) is 7.87. The maximum absolute atomic E-state index is 12.3. The second-order valence-corrected chi connectivity index (χ2v) is 6.77. The van der Waals surface area contributed by atoms with Crippen LogP contribution in [-0.2, 0) is 4.79 Å². The third-order valence-corrected chi connectivity index (χ3v) is 3.57. The number of benzene rings is 2. The molecule has 2 amide bonds. The fraction of sp³-hybridized carbons (Fsp3) is 0.211. The quantitative estimate of drug-likeness (QED) is 0.627. The highest BCUT2D eigenvalue weighted by Gasteiger charge is 2.21. The van der Waals surface area contributed by atoms with Crippen molar-refractivity contribution in [1.82, 2.24) is 0 Å². The van der Waals surface area contributed by atoms with E-state index in [0.29, 0.717) is 11.3 Å². The number of hydrogen-bond acceptors (Lipinski definition) is 4. The average Bonchev–Trinajstić information content (AvgIpc) is 2.56. The molecule has 0 aromatic heterocycles. The summed E-state index contributed by atoms with van der Waals surface area (Å²) >= 11 is 0. The van der Waals surface area contributed by atoms with Gasteiger partial charge in [-0.05, 0) is 42.5 Å². The highest BCUT2D eigenvalue weighted by atomic mass is 16.4. The maximum atomic E-state index is 12.3. The summed E-state index contributed by atoms with van der Waals surface area (Å²) in [6.45, 7) is 5.40. The molecule has 136 valence electrons. The van der Waals surface area contributed by atoms with Gasteiger partial charge in [-0.25, -0.2) is 4.79 Å². The minimum absolute atomic E-state index is 0.139. The van der Waals surface area contributed by atoms with Crippen LogP contribution in [0.15, 0.2) is 42.5 Å². The molecule has 0 aliphatic heterocycles. The van der Waals surface area contributed by atoms with Gasteiger partial charge in [0.25, 0.3) is 5.91 Å². The Hall–Kier alpha value is -3.35. The third-order valence-electron chi connectivity index (χ3n) is 3.57. The van der Waals surface area contributed by atoms with Gasteiger partial charge in [0.2, 0.25) is 5.91 Å². The molecule has 0 heterocycles. The van der Waals surface area contributed by atoms with Gasteiger partial charge in [0.1, 0.15) is 11.3 Å². The van der Waals surface area contributed by atoms with E-state index in [-0.39, 0.29) is 22.9 Å². The van der Waals surface area contributed by atoms with Crippen molar-refractivity contribution in [2.75, 3.05) is 10.6 Å². The number of anilines is 2. The SMILES string of the molecule is CC(C)(C)C(=O)Nc1ccc(C(=O)Nc2ccc(O)c(C(=O)O)c2)cc1. The minimum Gasteiger partial charge on any atom is -0.507 e. The molecule has 7 heteroatoms. The molecule has 26 heavy (non-hydrogen) atoms. The number of hydrogen-bond donors (Lipinski definition) is 4. The maximum Gasteiger partial charge on any atom is 0.339 e. The van der Waals surface area contributed by atoms with Gasteiger partial charge >= 0.3 is 5.97 Å². The van der Waals surface area contributed by atoms with Crippen LogP contribution in [0.3, 0.4) is 0 Å². The summed E-state index contributed by atoms with van der Waals surface area (Å²) in [5, 5.41) is 23.8. The Morgan fingerprint density at radius 1 is 0.885 bits per heavy atom. The van der Waals surface area contributed by atoms with E-state index in [4.69, 9.17) is 5.11 Å². The number of carboxylic acid groups (broad SMARTS) is 1. The number of phenols is 1. The van der Waals surface area contributed by atoms with E-state index < -0.39 is 17.3 Å². The average molecular weight is 356 g/mol. The van der Waals surface area contributed by atoms with Crippen molar-refractivity contribution in [3.63, 3.8) is 0 Å². The van der Waals surface area contributed by atoms with Gasteiger partial charge < -0.3 is 20.8 Å². The van der Waals surface area contributed by atoms with Gasteiger partial charge in [0, 0.05) is 22.4 Å². The fourth-order valence-corrected chi connectivity index (χ4v) is 2.01. The highest BCUT2D eigenvalue weighted by Crippen LogP contribution is 2.22. The number of carbonyl (C=O) groups is 3. The van der Waals surface area contributed by atoms with Crippen molar-refractivity contribution in [1.29, 1.82) is 0 Å². The van der Waals surface area contributed by atoms with Gasteiger partial charge in [0.15, 0.2) is 0 Å².